The monoisotopic (exact) mass is 281 g/mol. The highest BCUT2D eigenvalue weighted by Crippen LogP contribution is 2.24. The minimum Gasteiger partial charge on any atom is -0.330 e. The van der Waals surface area contributed by atoms with Crippen molar-refractivity contribution in [2.75, 3.05) is 13.1 Å². The van der Waals surface area contributed by atoms with Crippen LogP contribution in [-0.2, 0) is 6.54 Å². The molecule has 1 fully saturated rings. The molecule has 2 N–H and O–H groups in total. The second kappa shape index (κ2) is 6.28. The number of nitrogens with two attached hydrogens (primary N) is 1. The Bertz CT molecular complexity index is 495. The molecule has 1 aliphatic rings. The number of benzene rings is 1. The number of piperidine rings is 1. The van der Waals surface area contributed by atoms with Gasteiger partial charge in [-0.25, -0.2) is 0 Å². The number of likely N-dealkylation sites (tertiary alicyclic amines) is 1. The molecule has 1 saturated heterocycles. The van der Waals surface area contributed by atoms with Gasteiger partial charge in [0.2, 0.25) is 5.82 Å². The number of hydrogen-bond donors (Lipinski definition) is 1. The molecule has 0 amide bonds. The van der Waals surface area contributed by atoms with Crippen molar-refractivity contribution in [3.05, 3.63) is 39.7 Å². The predicted molar refractivity (Wildman–Crippen MR) is 74.7 cm³/mol. The normalized spacial score (nSPS) is 23.8. The number of hydrogen-bond acceptors (Lipinski definition) is 4. The first-order valence-corrected chi connectivity index (χ1v) is 6.88. The predicted octanol–water partition coefficient (Wildman–Crippen LogP) is 2.29. The quantitative estimate of drug-likeness (QED) is 0.679. The van der Waals surface area contributed by atoms with E-state index in [-0.39, 0.29) is 0 Å². The third-order valence-electron chi connectivity index (χ3n) is 4.04. The SMILES string of the molecule is CC1CCC(CN)CN1Cc1ccc([N+](=O)[O-])c(F)c1. The molecule has 2 rings (SSSR count). The van der Waals surface area contributed by atoms with Crippen molar-refractivity contribution in [1.82, 2.24) is 4.90 Å². The smallest absolute Gasteiger partial charge is 0.304 e. The van der Waals surface area contributed by atoms with Gasteiger partial charge in [-0.3, -0.25) is 15.0 Å². The summed E-state index contributed by atoms with van der Waals surface area (Å²) < 4.78 is 13.6. The van der Waals surface area contributed by atoms with Crippen LogP contribution in [0.25, 0.3) is 0 Å². The molecule has 1 heterocycles. The lowest BCUT2D eigenvalue weighted by Crippen LogP contribution is -2.43. The van der Waals surface area contributed by atoms with Gasteiger partial charge in [-0.05, 0) is 43.9 Å². The largest absolute Gasteiger partial charge is 0.330 e. The summed E-state index contributed by atoms with van der Waals surface area (Å²) in [5.74, 6) is -0.290. The Kier molecular flexibility index (Phi) is 4.67. The Balaban J connectivity index is 2.09. The molecule has 1 aromatic carbocycles. The van der Waals surface area contributed by atoms with E-state index in [1.807, 2.05) is 0 Å². The van der Waals surface area contributed by atoms with E-state index in [1.165, 1.54) is 12.1 Å². The summed E-state index contributed by atoms with van der Waals surface area (Å²) in [4.78, 5) is 12.2. The molecule has 1 aliphatic heterocycles. The molecule has 0 bridgehead atoms. The number of nitro groups is 1. The van der Waals surface area contributed by atoms with Gasteiger partial charge in [0.15, 0.2) is 0 Å². The average Bonchev–Trinajstić information content (AvgIpc) is 2.41. The first kappa shape index (κ1) is 14.9. The third kappa shape index (κ3) is 3.32. The summed E-state index contributed by atoms with van der Waals surface area (Å²) in [5, 5.41) is 10.6. The van der Waals surface area contributed by atoms with Gasteiger partial charge in [-0.2, -0.15) is 4.39 Å². The molecule has 0 saturated carbocycles. The molecule has 0 radical (unpaired) electrons. The Morgan fingerprint density at radius 1 is 1.50 bits per heavy atom. The number of rotatable bonds is 4. The van der Waals surface area contributed by atoms with Crippen LogP contribution in [0.5, 0.6) is 0 Å². The van der Waals surface area contributed by atoms with E-state index >= 15 is 0 Å². The van der Waals surface area contributed by atoms with Crippen LogP contribution in [-0.4, -0.2) is 29.0 Å². The van der Waals surface area contributed by atoms with E-state index in [0.717, 1.165) is 24.9 Å². The molecule has 0 aliphatic carbocycles. The second-order valence-corrected chi connectivity index (χ2v) is 5.50. The molecule has 5 nitrogen and oxygen atoms in total. The molecule has 2 atom stereocenters. The maximum absolute atomic E-state index is 13.6. The zero-order valence-electron chi connectivity index (χ0n) is 11.6. The Labute approximate surface area is 117 Å². The van der Waals surface area contributed by atoms with Crippen LogP contribution in [0.1, 0.15) is 25.3 Å². The van der Waals surface area contributed by atoms with Crippen LogP contribution >= 0.6 is 0 Å². The standard InChI is InChI=1S/C14H20FN3O2/c1-10-2-3-12(7-16)9-17(10)8-11-4-5-14(18(19)20)13(15)6-11/h4-6,10,12H,2-3,7-9,16H2,1H3. The lowest BCUT2D eigenvalue weighted by Gasteiger charge is -2.37. The highest BCUT2D eigenvalue weighted by Gasteiger charge is 2.25. The van der Waals surface area contributed by atoms with Crippen molar-refractivity contribution in [2.45, 2.75) is 32.4 Å². The highest BCUT2D eigenvalue weighted by molar-refractivity contribution is 5.35. The van der Waals surface area contributed by atoms with Crippen LogP contribution in [0.15, 0.2) is 18.2 Å². The van der Waals surface area contributed by atoms with Crippen molar-refractivity contribution < 1.29 is 9.31 Å². The lowest BCUT2D eigenvalue weighted by molar-refractivity contribution is -0.387. The van der Waals surface area contributed by atoms with E-state index in [0.29, 0.717) is 25.0 Å². The van der Waals surface area contributed by atoms with E-state index < -0.39 is 16.4 Å². The van der Waals surface area contributed by atoms with Crippen molar-refractivity contribution in [3.63, 3.8) is 0 Å². The van der Waals surface area contributed by atoms with Gasteiger partial charge in [0.05, 0.1) is 4.92 Å². The molecule has 110 valence electrons. The molecule has 0 aromatic heterocycles. The summed E-state index contributed by atoms with van der Waals surface area (Å²) in [7, 11) is 0. The van der Waals surface area contributed by atoms with Gasteiger partial charge in [0.25, 0.3) is 0 Å². The Morgan fingerprint density at radius 3 is 2.85 bits per heavy atom. The fraction of sp³-hybridized carbons (Fsp3) is 0.571. The molecular weight excluding hydrogens is 261 g/mol. The summed E-state index contributed by atoms with van der Waals surface area (Å²) in [6.45, 7) is 4.31. The minimum atomic E-state index is -0.771. The van der Waals surface area contributed by atoms with Gasteiger partial charge < -0.3 is 5.73 Å². The second-order valence-electron chi connectivity index (χ2n) is 5.50. The Morgan fingerprint density at radius 2 is 2.25 bits per heavy atom. The van der Waals surface area contributed by atoms with E-state index in [2.05, 4.69) is 11.8 Å². The zero-order valence-corrected chi connectivity index (χ0v) is 11.6. The van der Waals surface area contributed by atoms with Crippen LogP contribution in [0.3, 0.4) is 0 Å². The Hall–Kier alpha value is -1.53. The van der Waals surface area contributed by atoms with E-state index in [1.54, 1.807) is 6.07 Å². The maximum atomic E-state index is 13.6. The van der Waals surface area contributed by atoms with E-state index in [4.69, 9.17) is 5.73 Å². The fourth-order valence-electron chi connectivity index (χ4n) is 2.71. The maximum Gasteiger partial charge on any atom is 0.304 e. The van der Waals surface area contributed by atoms with Crippen molar-refractivity contribution in [1.29, 1.82) is 0 Å². The number of nitrogens with zero attached hydrogens (tertiary/aromatic N) is 2. The van der Waals surface area contributed by atoms with Crippen LogP contribution in [0.2, 0.25) is 0 Å². The molecule has 6 heteroatoms. The van der Waals surface area contributed by atoms with Gasteiger partial charge >= 0.3 is 5.69 Å². The summed E-state index contributed by atoms with van der Waals surface area (Å²) in [6.07, 6.45) is 2.21. The van der Waals surface area contributed by atoms with Gasteiger partial charge in [-0.1, -0.05) is 6.07 Å². The average molecular weight is 281 g/mol. The van der Waals surface area contributed by atoms with Crippen LogP contribution in [0, 0.1) is 21.8 Å². The molecular formula is C14H20FN3O2. The fourth-order valence-corrected chi connectivity index (χ4v) is 2.71. The van der Waals surface area contributed by atoms with Gasteiger partial charge in [0.1, 0.15) is 0 Å². The van der Waals surface area contributed by atoms with Gasteiger partial charge in [0, 0.05) is 25.2 Å². The van der Waals surface area contributed by atoms with Crippen molar-refractivity contribution in [3.8, 4) is 0 Å². The minimum absolute atomic E-state index is 0.427. The van der Waals surface area contributed by atoms with Gasteiger partial charge in [-0.15, -0.1) is 0 Å². The van der Waals surface area contributed by atoms with Crippen LogP contribution < -0.4 is 5.73 Å². The molecule has 0 spiro atoms. The zero-order chi connectivity index (χ0) is 14.7. The lowest BCUT2D eigenvalue weighted by atomic mass is 9.93. The summed E-state index contributed by atoms with van der Waals surface area (Å²) in [6, 6.07) is 4.55. The molecule has 1 aromatic rings. The van der Waals surface area contributed by atoms with Crippen molar-refractivity contribution in [2.24, 2.45) is 11.7 Å². The third-order valence-corrected chi connectivity index (χ3v) is 4.04. The molecule has 2 unspecified atom stereocenters. The van der Waals surface area contributed by atoms with Crippen LogP contribution in [0.4, 0.5) is 10.1 Å². The summed E-state index contributed by atoms with van der Waals surface area (Å²) >= 11 is 0. The topological polar surface area (TPSA) is 72.4 Å². The highest BCUT2D eigenvalue weighted by atomic mass is 19.1. The molecule has 20 heavy (non-hydrogen) atoms. The summed E-state index contributed by atoms with van der Waals surface area (Å²) in [5.41, 5.74) is 6.01. The first-order valence-electron chi connectivity index (χ1n) is 6.88. The van der Waals surface area contributed by atoms with E-state index in [9.17, 15) is 14.5 Å². The first-order chi connectivity index (χ1) is 9.51. The van der Waals surface area contributed by atoms with Crippen molar-refractivity contribution >= 4 is 5.69 Å². The number of halogens is 1. The number of nitro benzene ring substituents is 1.